The van der Waals surface area contributed by atoms with Gasteiger partial charge in [-0.05, 0) is 32.6 Å². The van der Waals surface area contributed by atoms with Gasteiger partial charge in [0.15, 0.2) is 0 Å². The number of anilines is 1. The Morgan fingerprint density at radius 2 is 1.96 bits per heavy atom. The maximum Gasteiger partial charge on any atom is 0.250 e. The molecule has 0 spiro atoms. The summed E-state index contributed by atoms with van der Waals surface area (Å²) in [5, 5.41) is 7.78. The topological polar surface area (TPSA) is 46.9 Å². The second-order valence-corrected chi connectivity index (χ2v) is 8.81. The summed E-state index contributed by atoms with van der Waals surface area (Å²) in [6.45, 7) is 9.56. The van der Waals surface area contributed by atoms with E-state index < -0.39 is 16.8 Å². The number of amides is 1. The molecule has 25 heavy (non-hydrogen) atoms. The van der Waals surface area contributed by atoms with Gasteiger partial charge in [0.05, 0.1) is 11.7 Å². The lowest BCUT2D eigenvalue weighted by atomic mass is 9.65. The van der Waals surface area contributed by atoms with Crippen LogP contribution in [-0.2, 0) is 10.2 Å². The quantitative estimate of drug-likeness (QED) is 0.812. The van der Waals surface area contributed by atoms with Gasteiger partial charge in [0.2, 0.25) is 11.8 Å². The van der Waals surface area contributed by atoms with E-state index in [0.29, 0.717) is 5.82 Å². The summed E-state index contributed by atoms with van der Waals surface area (Å²) in [6, 6.07) is 0.261. The van der Waals surface area contributed by atoms with Gasteiger partial charge in [0, 0.05) is 29.2 Å². The Morgan fingerprint density at radius 3 is 2.40 bits per heavy atom. The fraction of sp³-hybridized carbons (Fsp3) is 0.789. The van der Waals surface area contributed by atoms with E-state index in [1.54, 1.807) is 0 Å². The zero-order chi connectivity index (χ0) is 18.6. The van der Waals surface area contributed by atoms with Gasteiger partial charge >= 0.3 is 0 Å². The zero-order valence-corrected chi connectivity index (χ0v) is 15.9. The Balaban J connectivity index is 1.95. The minimum Gasteiger partial charge on any atom is -0.310 e. The maximum absolute atomic E-state index is 13.5. The van der Waals surface area contributed by atoms with Crippen molar-refractivity contribution in [2.45, 2.75) is 90.5 Å². The number of hydrogen-bond donors (Lipinski definition) is 1. The predicted molar refractivity (Wildman–Crippen MR) is 94.1 cm³/mol. The van der Waals surface area contributed by atoms with Crippen LogP contribution in [0.3, 0.4) is 0 Å². The maximum atomic E-state index is 13.5. The zero-order valence-electron chi connectivity index (χ0n) is 15.9. The van der Waals surface area contributed by atoms with Crippen molar-refractivity contribution in [3.05, 3.63) is 11.3 Å². The van der Waals surface area contributed by atoms with Gasteiger partial charge in [-0.2, -0.15) is 5.10 Å². The Labute approximate surface area is 148 Å². The molecular formula is C19H29F2N3O. The first kappa shape index (κ1) is 18.3. The molecule has 1 N–H and O–H groups in total. The molecule has 140 valence electrons. The van der Waals surface area contributed by atoms with Crippen molar-refractivity contribution in [1.82, 2.24) is 9.78 Å². The molecule has 6 heteroatoms. The molecule has 1 aromatic rings. The number of carbonyl (C=O) groups is 1. The number of halogens is 2. The third-order valence-electron chi connectivity index (χ3n) is 6.17. The van der Waals surface area contributed by atoms with Crippen molar-refractivity contribution in [3.8, 4) is 0 Å². The Kier molecular flexibility index (Phi) is 4.24. The van der Waals surface area contributed by atoms with Gasteiger partial charge < -0.3 is 5.32 Å². The molecule has 1 amide bonds. The molecule has 3 rings (SSSR count). The van der Waals surface area contributed by atoms with Gasteiger partial charge in [-0.3, -0.25) is 4.79 Å². The number of hydrogen-bond acceptors (Lipinski definition) is 2. The highest BCUT2D eigenvalue weighted by molar-refractivity contribution is 5.94. The van der Waals surface area contributed by atoms with Crippen molar-refractivity contribution >= 4 is 11.7 Å². The first-order valence-corrected chi connectivity index (χ1v) is 9.28. The average molecular weight is 353 g/mol. The molecule has 4 nitrogen and oxygen atoms in total. The van der Waals surface area contributed by atoms with Crippen LogP contribution < -0.4 is 5.32 Å². The first-order valence-electron chi connectivity index (χ1n) is 9.28. The first-order chi connectivity index (χ1) is 11.5. The molecule has 0 aliphatic heterocycles. The summed E-state index contributed by atoms with van der Waals surface area (Å²) in [4.78, 5) is 12.7. The largest absolute Gasteiger partial charge is 0.310 e. The van der Waals surface area contributed by atoms with Gasteiger partial charge in [-0.25, -0.2) is 13.5 Å². The van der Waals surface area contributed by atoms with E-state index in [0.717, 1.165) is 36.9 Å². The number of aromatic nitrogens is 2. The van der Waals surface area contributed by atoms with Crippen molar-refractivity contribution in [2.75, 3.05) is 5.32 Å². The minimum absolute atomic E-state index is 0.0470. The van der Waals surface area contributed by atoms with Gasteiger partial charge in [0.25, 0.3) is 0 Å². The second kappa shape index (κ2) is 5.78. The highest BCUT2D eigenvalue weighted by atomic mass is 19.3. The van der Waals surface area contributed by atoms with E-state index in [-0.39, 0.29) is 24.8 Å². The Hall–Kier alpha value is -1.46. The van der Waals surface area contributed by atoms with Gasteiger partial charge in [0.1, 0.15) is 5.82 Å². The highest BCUT2D eigenvalue weighted by Crippen LogP contribution is 2.54. The van der Waals surface area contributed by atoms with Crippen LogP contribution >= 0.6 is 0 Å². The van der Waals surface area contributed by atoms with Gasteiger partial charge in [-0.15, -0.1) is 0 Å². The monoisotopic (exact) mass is 353 g/mol. The molecule has 0 saturated heterocycles. The van der Waals surface area contributed by atoms with Crippen molar-refractivity contribution in [3.63, 3.8) is 0 Å². The number of nitrogens with one attached hydrogen (secondary N) is 1. The number of alkyl halides is 2. The Bertz CT molecular complexity index is 681. The van der Waals surface area contributed by atoms with E-state index in [4.69, 9.17) is 5.10 Å². The summed E-state index contributed by atoms with van der Waals surface area (Å²) in [5.41, 5.74) is 0.469. The van der Waals surface area contributed by atoms with Crippen LogP contribution in [0.1, 0.15) is 83.5 Å². The molecule has 0 radical (unpaired) electrons. The van der Waals surface area contributed by atoms with Crippen molar-refractivity contribution in [2.24, 2.45) is 5.41 Å². The summed E-state index contributed by atoms with van der Waals surface area (Å²) in [7, 11) is 0. The van der Waals surface area contributed by atoms with Crippen molar-refractivity contribution < 1.29 is 13.6 Å². The van der Waals surface area contributed by atoms with Crippen LogP contribution in [0.2, 0.25) is 0 Å². The molecule has 0 aromatic carbocycles. The van der Waals surface area contributed by atoms with E-state index in [1.807, 2.05) is 39.3 Å². The lowest BCUT2D eigenvalue weighted by molar-refractivity contribution is -0.124. The lowest BCUT2D eigenvalue weighted by Gasteiger charge is -2.44. The fourth-order valence-electron chi connectivity index (χ4n) is 3.83. The molecule has 2 saturated carbocycles. The molecule has 2 fully saturated rings. The summed E-state index contributed by atoms with van der Waals surface area (Å²) in [5.74, 6) is -1.95. The second-order valence-electron chi connectivity index (χ2n) is 8.81. The van der Waals surface area contributed by atoms with E-state index in [9.17, 15) is 13.6 Å². The normalized spacial score (nSPS) is 22.2. The number of carbonyl (C=O) groups excluding carboxylic acids is 1. The highest BCUT2D eigenvalue weighted by Gasteiger charge is 2.56. The van der Waals surface area contributed by atoms with Gasteiger partial charge in [-0.1, -0.05) is 27.7 Å². The smallest absolute Gasteiger partial charge is 0.250 e. The standard InChI is InChI=1S/C19H29F2N3O/c1-6-17(3,4)16(25)22-15-12(2)14(18(5)10-19(20,21)11-18)23-24(15)13-8-7-9-13/h13H,6-11H2,1-5H3,(H,22,25). The third kappa shape index (κ3) is 3.08. The van der Waals surface area contributed by atoms with Crippen LogP contribution in [0.15, 0.2) is 0 Å². The molecule has 0 bridgehead atoms. The van der Waals surface area contributed by atoms with Crippen molar-refractivity contribution in [1.29, 1.82) is 0 Å². The molecule has 1 heterocycles. The molecule has 2 aliphatic rings. The minimum atomic E-state index is -2.60. The van der Waals surface area contributed by atoms with E-state index in [2.05, 4.69) is 5.32 Å². The summed E-state index contributed by atoms with van der Waals surface area (Å²) in [6.07, 6.45) is 3.57. The Morgan fingerprint density at radius 1 is 1.36 bits per heavy atom. The van der Waals surface area contributed by atoms with E-state index in [1.165, 1.54) is 0 Å². The third-order valence-corrected chi connectivity index (χ3v) is 6.17. The van der Waals surface area contributed by atoms with Crippen LogP contribution in [0.4, 0.5) is 14.6 Å². The van der Waals surface area contributed by atoms with E-state index >= 15 is 0 Å². The SMILES string of the molecule is CCC(C)(C)C(=O)Nc1c(C)c(C2(C)CC(F)(F)C2)nn1C1CCC1. The molecule has 0 atom stereocenters. The molecule has 0 unspecified atom stereocenters. The predicted octanol–water partition coefficient (Wildman–Crippen LogP) is 4.98. The molecule has 2 aliphatic carbocycles. The van der Waals surface area contributed by atoms with Crippen LogP contribution in [-0.4, -0.2) is 21.6 Å². The summed E-state index contributed by atoms with van der Waals surface area (Å²) >= 11 is 0. The molecular weight excluding hydrogens is 324 g/mol. The number of rotatable bonds is 5. The fourth-order valence-corrected chi connectivity index (χ4v) is 3.83. The molecule has 1 aromatic heterocycles. The number of nitrogens with zero attached hydrogens (tertiary/aromatic N) is 2. The van der Waals surface area contributed by atoms with Crippen LogP contribution in [0.25, 0.3) is 0 Å². The lowest BCUT2D eigenvalue weighted by Crippen LogP contribution is -2.47. The average Bonchev–Trinajstić information content (AvgIpc) is 2.73. The van der Waals surface area contributed by atoms with Crippen LogP contribution in [0.5, 0.6) is 0 Å². The van der Waals surface area contributed by atoms with Crippen LogP contribution in [0, 0.1) is 12.3 Å². The summed E-state index contributed by atoms with van der Waals surface area (Å²) < 4.78 is 28.9.